The van der Waals surface area contributed by atoms with E-state index in [1.165, 1.54) is 24.8 Å². The molecule has 2 N–H and O–H groups in total. The minimum Gasteiger partial charge on any atom is -0.493 e. The number of nitrogens with one attached hydrogen (secondary N) is 2. The Morgan fingerprint density at radius 3 is 2.69 bits per heavy atom. The molecule has 0 radical (unpaired) electrons. The van der Waals surface area contributed by atoms with Crippen LogP contribution in [0.1, 0.15) is 36.5 Å². The van der Waals surface area contributed by atoms with E-state index in [0.29, 0.717) is 6.54 Å². The van der Waals surface area contributed by atoms with Crippen molar-refractivity contribution in [3.05, 3.63) is 35.4 Å². The summed E-state index contributed by atoms with van der Waals surface area (Å²) in [5.41, 5.74) is 1.17. The molecule has 0 spiro atoms. The minimum atomic E-state index is 0. The molecule has 0 unspecified atom stereocenters. The van der Waals surface area contributed by atoms with Gasteiger partial charge in [0, 0.05) is 26.6 Å². The maximum atomic E-state index is 5.36. The average molecular weight is 514 g/mol. The molecule has 3 rings (SSSR count). The standard InChI is InChI=1S/C20H30N6O2.HI/c1-21-20(22-11-10-15-8-9-16(27-2)17(13-15)28-3)23-14-19-25-24-18-7-5-4-6-12-26(18)19;/h8-9,13H,4-7,10-12,14H2,1-3H3,(H2,21,22,23);1H. The van der Waals surface area contributed by atoms with Crippen LogP contribution in [0, 0.1) is 0 Å². The topological polar surface area (TPSA) is 85.6 Å². The van der Waals surface area contributed by atoms with E-state index < -0.39 is 0 Å². The number of halogens is 1. The van der Waals surface area contributed by atoms with E-state index in [2.05, 4.69) is 30.4 Å². The van der Waals surface area contributed by atoms with Gasteiger partial charge < -0.3 is 24.7 Å². The lowest BCUT2D eigenvalue weighted by atomic mass is 10.1. The third-order valence-corrected chi connectivity index (χ3v) is 4.98. The van der Waals surface area contributed by atoms with Crippen LogP contribution in [0.15, 0.2) is 23.2 Å². The molecule has 2 heterocycles. The number of rotatable bonds is 7. The summed E-state index contributed by atoms with van der Waals surface area (Å²) >= 11 is 0. The summed E-state index contributed by atoms with van der Waals surface area (Å²) in [5, 5.41) is 15.4. The zero-order valence-electron chi connectivity index (χ0n) is 17.4. The highest BCUT2D eigenvalue weighted by molar-refractivity contribution is 14.0. The zero-order valence-corrected chi connectivity index (χ0v) is 19.7. The van der Waals surface area contributed by atoms with Crippen LogP contribution < -0.4 is 20.1 Å². The van der Waals surface area contributed by atoms with Crippen LogP contribution in [0.25, 0.3) is 0 Å². The molecule has 9 heteroatoms. The van der Waals surface area contributed by atoms with Gasteiger partial charge in [0.1, 0.15) is 5.82 Å². The molecule has 29 heavy (non-hydrogen) atoms. The minimum absolute atomic E-state index is 0. The first-order valence-corrected chi connectivity index (χ1v) is 9.81. The van der Waals surface area contributed by atoms with Gasteiger partial charge in [-0.3, -0.25) is 4.99 Å². The summed E-state index contributed by atoms with van der Waals surface area (Å²) in [4.78, 5) is 4.30. The molecule has 0 aliphatic carbocycles. The summed E-state index contributed by atoms with van der Waals surface area (Å²) in [7, 11) is 5.07. The second kappa shape index (κ2) is 11.8. The summed E-state index contributed by atoms with van der Waals surface area (Å²) in [6.45, 7) is 2.38. The van der Waals surface area contributed by atoms with Gasteiger partial charge in [-0.1, -0.05) is 12.5 Å². The fraction of sp³-hybridized carbons (Fsp3) is 0.550. The molecule has 0 saturated carbocycles. The fourth-order valence-corrected chi connectivity index (χ4v) is 3.42. The van der Waals surface area contributed by atoms with E-state index in [1.54, 1.807) is 21.3 Å². The molecular weight excluding hydrogens is 483 g/mol. The number of aromatic nitrogens is 3. The van der Waals surface area contributed by atoms with E-state index in [9.17, 15) is 0 Å². The first-order valence-electron chi connectivity index (χ1n) is 9.81. The fourth-order valence-electron chi connectivity index (χ4n) is 3.42. The first kappa shape index (κ1) is 23.2. The van der Waals surface area contributed by atoms with Gasteiger partial charge in [-0.05, 0) is 37.0 Å². The maximum absolute atomic E-state index is 5.36. The monoisotopic (exact) mass is 514 g/mol. The van der Waals surface area contributed by atoms with E-state index in [1.807, 2.05) is 18.2 Å². The van der Waals surface area contributed by atoms with Crippen LogP contribution in [-0.2, 0) is 25.9 Å². The van der Waals surface area contributed by atoms with E-state index in [-0.39, 0.29) is 24.0 Å². The maximum Gasteiger partial charge on any atom is 0.191 e. The zero-order chi connectivity index (χ0) is 19.8. The lowest BCUT2D eigenvalue weighted by Gasteiger charge is -2.13. The number of aliphatic imine (C=N–C) groups is 1. The smallest absolute Gasteiger partial charge is 0.191 e. The number of hydrogen-bond acceptors (Lipinski definition) is 5. The van der Waals surface area contributed by atoms with Gasteiger partial charge in [0.15, 0.2) is 23.3 Å². The van der Waals surface area contributed by atoms with E-state index in [0.717, 1.165) is 55.0 Å². The second-order valence-electron chi connectivity index (χ2n) is 6.79. The molecule has 1 aromatic carbocycles. The molecule has 1 aliphatic heterocycles. The van der Waals surface area contributed by atoms with Crippen molar-refractivity contribution in [2.45, 2.75) is 45.2 Å². The van der Waals surface area contributed by atoms with E-state index in [4.69, 9.17) is 9.47 Å². The third-order valence-electron chi connectivity index (χ3n) is 4.98. The van der Waals surface area contributed by atoms with Crippen molar-refractivity contribution in [1.29, 1.82) is 0 Å². The average Bonchev–Trinajstić information content (AvgIpc) is 2.96. The summed E-state index contributed by atoms with van der Waals surface area (Å²) in [6.07, 6.45) is 5.52. The Hall–Kier alpha value is -2.04. The molecule has 0 atom stereocenters. The number of fused-ring (bicyclic) bond motifs is 1. The van der Waals surface area contributed by atoms with Gasteiger partial charge >= 0.3 is 0 Å². The Balaban J connectivity index is 0.00000300. The predicted octanol–water partition coefficient (Wildman–Crippen LogP) is 2.55. The highest BCUT2D eigenvalue weighted by Gasteiger charge is 2.14. The number of guanidine groups is 1. The van der Waals surface area contributed by atoms with Crippen molar-refractivity contribution in [2.75, 3.05) is 27.8 Å². The van der Waals surface area contributed by atoms with Crippen molar-refractivity contribution < 1.29 is 9.47 Å². The number of methoxy groups -OCH3 is 2. The van der Waals surface area contributed by atoms with Crippen molar-refractivity contribution in [3.8, 4) is 11.5 Å². The molecule has 1 aromatic heterocycles. The van der Waals surface area contributed by atoms with Gasteiger partial charge in [-0.2, -0.15) is 0 Å². The second-order valence-corrected chi connectivity index (χ2v) is 6.79. The Morgan fingerprint density at radius 1 is 1.10 bits per heavy atom. The van der Waals surface area contributed by atoms with Gasteiger partial charge in [0.05, 0.1) is 20.8 Å². The molecule has 0 amide bonds. The van der Waals surface area contributed by atoms with Crippen molar-refractivity contribution in [3.63, 3.8) is 0 Å². The van der Waals surface area contributed by atoms with Gasteiger partial charge in [-0.15, -0.1) is 34.2 Å². The Labute approximate surface area is 189 Å². The third kappa shape index (κ3) is 6.22. The number of aryl methyl sites for hydroxylation is 1. The van der Waals surface area contributed by atoms with Crippen molar-refractivity contribution in [1.82, 2.24) is 25.4 Å². The molecule has 2 aromatic rings. The number of benzene rings is 1. The summed E-state index contributed by atoms with van der Waals surface area (Å²) in [5.74, 6) is 4.32. The van der Waals surface area contributed by atoms with Crippen molar-refractivity contribution in [2.24, 2.45) is 4.99 Å². The van der Waals surface area contributed by atoms with Gasteiger partial charge in [0.25, 0.3) is 0 Å². The molecule has 0 bridgehead atoms. The molecule has 160 valence electrons. The molecule has 8 nitrogen and oxygen atoms in total. The van der Waals surface area contributed by atoms with Gasteiger partial charge in [-0.25, -0.2) is 0 Å². The molecular formula is C20H31IN6O2. The normalized spacial score (nSPS) is 13.7. The van der Waals surface area contributed by atoms with Crippen LogP contribution in [-0.4, -0.2) is 48.5 Å². The number of ether oxygens (including phenoxy) is 2. The lowest BCUT2D eigenvalue weighted by molar-refractivity contribution is 0.354. The quantitative estimate of drug-likeness (QED) is 0.336. The first-order chi connectivity index (χ1) is 13.7. The predicted molar refractivity (Wildman–Crippen MR) is 124 cm³/mol. The largest absolute Gasteiger partial charge is 0.493 e. The Bertz CT molecular complexity index is 808. The van der Waals surface area contributed by atoms with Crippen LogP contribution in [0.5, 0.6) is 11.5 Å². The highest BCUT2D eigenvalue weighted by Crippen LogP contribution is 2.27. The van der Waals surface area contributed by atoms with Gasteiger partial charge in [0.2, 0.25) is 0 Å². The molecule has 0 fully saturated rings. The molecule has 0 saturated heterocycles. The Kier molecular flexibility index (Phi) is 9.49. The van der Waals surface area contributed by atoms with Crippen LogP contribution in [0.2, 0.25) is 0 Å². The molecule has 1 aliphatic rings. The summed E-state index contributed by atoms with van der Waals surface area (Å²) < 4.78 is 12.9. The SMILES string of the molecule is CN=C(NCCc1ccc(OC)c(OC)c1)NCc1nnc2n1CCCCC2.I. The van der Waals surface area contributed by atoms with E-state index >= 15 is 0 Å². The summed E-state index contributed by atoms with van der Waals surface area (Å²) in [6, 6.07) is 5.98. The van der Waals surface area contributed by atoms with Crippen LogP contribution in [0.4, 0.5) is 0 Å². The van der Waals surface area contributed by atoms with Crippen LogP contribution in [0.3, 0.4) is 0 Å². The van der Waals surface area contributed by atoms with Crippen molar-refractivity contribution >= 4 is 29.9 Å². The van der Waals surface area contributed by atoms with Crippen LogP contribution >= 0.6 is 24.0 Å². The number of hydrogen-bond donors (Lipinski definition) is 2. The highest BCUT2D eigenvalue weighted by atomic mass is 127. The lowest BCUT2D eigenvalue weighted by Crippen LogP contribution is -2.38. The Morgan fingerprint density at radius 2 is 1.93 bits per heavy atom. The number of nitrogens with zero attached hydrogens (tertiary/aromatic N) is 4.